The van der Waals surface area contributed by atoms with Gasteiger partial charge in [-0.2, -0.15) is 16.6 Å². The molecule has 1 aromatic carbocycles. The molecule has 1 aliphatic heterocycles. The number of piperazine rings is 1. The average Bonchev–Trinajstić information content (AvgIpc) is 3.17. The third kappa shape index (κ3) is 4.13. The van der Waals surface area contributed by atoms with E-state index in [0.717, 1.165) is 44.0 Å². The van der Waals surface area contributed by atoms with Crippen molar-refractivity contribution in [3.8, 4) is 11.8 Å². The van der Waals surface area contributed by atoms with Crippen LogP contribution in [0.2, 0.25) is 0 Å². The number of carbonyl (C=O) groups excluding carboxylic acids is 1. The number of amides is 1. The first kappa shape index (κ1) is 16.5. The van der Waals surface area contributed by atoms with Gasteiger partial charge in [0.1, 0.15) is 12.4 Å². The smallest absolute Gasteiger partial charge is 0.254 e. The lowest BCUT2D eigenvalue weighted by molar-refractivity contribution is 0.0621. The van der Waals surface area contributed by atoms with E-state index >= 15 is 0 Å². The fourth-order valence-corrected chi connectivity index (χ4v) is 3.29. The molecule has 2 aromatic rings. The second kappa shape index (κ2) is 7.95. The molecule has 1 fully saturated rings. The Kier molecular flexibility index (Phi) is 5.47. The summed E-state index contributed by atoms with van der Waals surface area (Å²) in [6.45, 7) is 4.68. The summed E-state index contributed by atoms with van der Waals surface area (Å²) in [5, 5.41) is 12.6. The molecule has 1 amide bonds. The Bertz CT molecular complexity index is 699. The van der Waals surface area contributed by atoms with Gasteiger partial charge < -0.3 is 9.64 Å². The third-order valence-corrected chi connectivity index (χ3v) is 4.77. The molecule has 1 aromatic heterocycles. The van der Waals surface area contributed by atoms with Crippen molar-refractivity contribution < 1.29 is 9.53 Å². The molecule has 0 atom stereocenters. The molecule has 1 saturated heterocycles. The summed E-state index contributed by atoms with van der Waals surface area (Å²) in [5.74, 6) is 0.907. The molecule has 0 saturated carbocycles. The summed E-state index contributed by atoms with van der Waals surface area (Å²) in [7, 11) is 0. The van der Waals surface area contributed by atoms with E-state index in [4.69, 9.17) is 10.00 Å². The largest absolute Gasteiger partial charge is 0.492 e. The predicted octanol–water partition coefficient (Wildman–Crippen LogP) is 2.46. The quantitative estimate of drug-likeness (QED) is 0.838. The third-order valence-electron chi connectivity index (χ3n) is 4.09. The van der Waals surface area contributed by atoms with Crippen LogP contribution < -0.4 is 4.74 Å². The highest BCUT2D eigenvalue weighted by atomic mass is 32.1. The van der Waals surface area contributed by atoms with E-state index in [2.05, 4.69) is 11.0 Å². The van der Waals surface area contributed by atoms with Gasteiger partial charge >= 0.3 is 0 Å². The number of hydrogen-bond donors (Lipinski definition) is 0. The van der Waals surface area contributed by atoms with Crippen molar-refractivity contribution in [3.63, 3.8) is 0 Å². The molecular weight excluding hydrogens is 322 g/mol. The van der Waals surface area contributed by atoms with Crippen molar-refractivity contribution in [2.75, 3.05) is 39.3 Å². The van der Waals surface area contributed by atoms with Gasteiger partial charge in [0, 0.05) is 38.1 Å². The van der Waals surface area contributed by atoms with Gasteiger partial charge in [0.25, 0.3) is 5.91 Å². The van der Waals surface area contributed by atoms with Gasteiger partial charge in [-0.1, -0.05) is 0 Å². The van der Waals surface area contributed by atoms with E-state index in [1.165, 1.54) is 0 Å². The van der Waals surface area contributed by atoms with Gasteiger partial charge in [-0.3, -0.25) is 9.69 Å². The first-order valence-corrected chi connectivity index (χ1v) is 8.87. The van der Waals surface area contributed by atoms with Gasteiger partial charge in [-0.05, 0) is 35.7 Å². The van der Waals surface area contributed by atoms with Crippen molar-refractivity contribution in [1.29, 1.82) is 5.26 Å². The molecular formula is C18H19N3O2S. The first-order chi connectivity index (χ1) is 11.8. The predicted molar refractivity (Wildman–Crippen MR) is 93.3 cm³/mol. The second-order valence-corrected chi connectivity index (χ2v) is 6.41. The number of nitriles is 1. The van der Waals surface area contributed by atoms with Crippen LogP contribution >= 0.6 is 11.3 Å². The van der Waals surface area contributed by atoms with Crippen molar-refractivity contribution in [2.45, 2.75) is 0 Å². The van der Waals surface area contributed by atoms with Gasteiger partial charge in [-0.25, -0.2) is 0 Å². The van der Waals surface area contributed by atoms with Crippen LogP contribution in [0.15, 0.2) is 41.1 Å². The molecule has 124 valence electrons. The van der Waals surface area contributed by atoms with Crippen molar-refractivity contribution in [1.82, 2.24) is 9.80 Å². The van der Waals surface area contributed by atoms with Crippen LogP contribution in [-0.2, 0) is 0 Å². The Morgan fingerprint density at radius 3 is 2.54 bits per heavy atom. The highest BCUT2D eigenvalue weighted by Crippen LogP contribution is 2.13. The Balaban J connectivity index is 1.39. The van der Waals surface area contributed by atoms with Gasteiger partial charge in [0.05, 0.1) is 17.2 Å². The van der Waals surface area contributed by atoms with Gasteiger partial charge in [-0.15, -0.1) is 0 Å². The number of rotatable bonds is 5. The molecule has 5 nitrogen and oxygen atoms in total. The maximum Gasteiger partial charge on any atom is 0.254 e. The van der Waals surface area contributed by atoms with E-state index in [1.54, 1.807) is 23.5 Å². The van der Waals surface area contributed by atoms with Crippen LogP contribution in [0.5, 0.6) is 5.75 Å². The summed E-state index contributed by atoms with van der Waals surface area (Å²) in [5.41, 5.74) is 1.42. The molecule has 3 rings (SSSR count). The standard InChI is InChI=1S/C18H19N3O2S/c19-13-15-1-3-17(4-2-15)23-11-10-20-6-8-21(9-7-20)18(22)16-5-12-24-14-16/h1-5,12,14H,6-11H2. The molecule has 1 aliphatic rings. The zero-order chi connectivity index (χ0) is 16.8. The minimum Gasteiger partial charge on any atom is -0.492 e. The highest BCUT2D eigenvalue weighted by molar-refractivity contribution is 7.08. The number of ether oxygens (including phenoxy) is 1. The Hall–Kier alpha value is -2.36. The fraction of sp³-hybridized carbons (Fsp3) is 0.333. The summed E-state index contributed by atoms with van der Waals surface area (Å²) in [4.78, 5) is 16.5. The SMILES string of the molecule is N#Cc1ccc(OCCN2CCN(C(=O)c3ccsc3)CC2)cc1. The summed E-state index contributed by atoms with van der Waals surface area (Å²) in [6, 6.07) is 11.1. The topological polar surface area (TPSA) is 56.6 Å². The monoisotopic (exact) mass is 341 g/mol. The van der Waals surface area contributed by atoms with E-state index in [0.29, 0.717) is 12.2 Å². The molecule has 0 unspecified atom stereocenters. The minimum atomic E-state index is 0.129. The van der Waals surface area contributed by atoms with E-state index in [-0.39, 0.29) is 5.91 Å². The summed E-state index contributed by atoms with van der Waals surface area (Å²) in [6.07, 6.45) is 0. The lowest BCUT2D eigenvalue weighted by atomic mass is 10.2. The van der Waals surface area contributed by atoms with Crippen LogP contribution in [0.25, 0.3) is 0 Å². The number of nitrogens with zero attached hydrogens (tertiary/aromatic N) is 3. The number of hydrogen-bond acceptors (Lipinski definition) is 5. The highest BCUT2D eigenvalue weighted by Gasteiger charge is 2.22. The maximum absolute atomic E-state index is 12.3. The molecule has 6 heteroatoms. The van der Waals surface area contributed by atoms with Crippen LogP contribution in [-0.4, -0.2) is 55.0 Å². The molecule has 0 bridgehead atoms. The maximum atomic E-state index is 12.3. The van der Waals surface area contributed by atoms with E-state index in [1.807, 2.05) is 33.9 Å². The normalized spacial score (nSPS) is 15.0. The Morgan fingerprint density at radius 2 is 1.92 bits per heavy atom. The zero-order valence-corrected chi connectivity index (χ0v) is 14.2. The Labute approximate surface area is 145 Å². The van der Waals surface area contributed by atoms with Crippen molar-refractivity contribution >= 4 is 17.2 Å². The summed E-state index contributed by atoms with van der Waals surface area (Å²) >= 11 is 1.55. The van der Waals surface area contributed by atoms with Gasteiger partial charge in [0.2, 0.25) is 0 Å². The van der Waals surface area contributed by atoms with Crippen LogP contribution in [0, 0.1) is 11.3 Å². The first-order valence-electron chi connectivity index (χ1n) is 7.93. The van der Waals surface area contributed by atoms with E-state index in [9.17, 15) is 4.79 Å². The number of thiophene rings is 1. The molecule has 24 heavy (non-hydrogen) atoms. The molecule has 0 N–H and O–H groups in total. The van der Waals surface area contributed by atoms with Gasteiger partial charge in [0.15, 0.2) is 0 Å². The minimum absolute atomic E-state index is 0.129. The molecule has 0 radical (unpaired) electrons. The molecule has 0 aliphatic carbocycles. The van der Waals surface area contributed by atoms with Crippen LogP contribution in [0.4, 0.5) is 0 Å². The lowest BCUT2D eigenvalue weighted by Crippen LogP contribution is -2.49. The number of benzene rings is 1. The summed E-state index contributed by atoms with van der Waals surface area (Å²) < 4.78 is 5.71. The van der Waals surface area contributed by atoms with Crippen LogP contribution in [0.3, 0.4) is 0 Å². The zero-order valence-electron chi connectivity index (χ0n) is 13.4. The molecule has 0 spiro atoms. The van der Waals surface area contributed by atoms with Crippen molar-refractivity contribution in [2.24, 2.45) is 0 Å². The average molecular weight is 341 g/mol. The van der Waals surface area contributed by atoms with Crippen LogP contribution in [0.1, 0.15) is 15.9 Å². The van der Waals surface area contributed by atoms with E-state index < -0.39 is 0 Å². The van der Waals surface area contributed by atoms with Crippen molar-refractivity contribution in [3.05, 3.63) is 52.2 Å². The number of carbonyl (C=O) groups is 1. The molecule has 2 heterocycles. The fourth-order valence-electron chi connectivity index (χ4n) is 2.66. The second-order valence-electron chi connectivity index (χ2n) is 5.63. The lowest BCUT2D eigenvalue weighted by Gasteiger charge is -2.34. The Morgan fingerprint density at radius 1 is 1.17 bits per heavy atom.